The van der Waals surface area contributed by atoms with Gasteiger partial charge in [0.05, 0.1) is 10.8 Å². The molecule has 22 aromatic rings. The standard InChI is InChI=1S/C69H56N2S.C65H48N2S/c1-41-21-25-49(35-45(41)5)70(50-26-22-42(2)46(6)36-50)53-29-31-57-55-15-9-10-16-56(55)58-32-30-54(71(51-27-23-43(3)47(7)37-51)52-28-24-44(4)48(8)38-52)40-64(58)69(63(57)39-53)61-19-13-11-17-59(61)67-62(69)33-34-66-68(67)60-18-12-14-20-65(60)72-66;1-41-17-25-45(26-18-41)66(46-27-19-42(2)20-28-46)49-33-35-53-51-11-5-6-12-52(51)54-36-34-50(67(47-29-21-43(3)22-30-47)48-31-23-44(4)24-32-48)40-60(54)65(59(53)39-49)57-15-9-7-13-55(57)63-58(65)37-38-62-64(63)56-14-8-10-16-61(56)68-62/h9-40H,1-8H3;5-40H,1-4H3. The molecular weight excluding hydrogens is 1730 g/mol. The van der Waals surface area contributed by atoms with Crippen LogP contribution in [0.15, 0.2) is 413 Å². The van der Waals surface area contributed by atoms with Crippen LogP contribution in [0.4, 0.5) is 68.2 Å². The number of hydrogen-bond acceptors (Lipinski definition) is 6. The van der Waals surface area contributed by atoms with Crippen LogP contribution >= 0.6 is 22.7 Å². The van der Waals surface area contributed by atoms with Gasteiger partial charge in [0.25, 0.3) is 0 Å². The van der Waals surface area contributed by atoms with Crippen molar-refractivity contribution >= 4 is 131 Å². The summed E-state index contributed by atoms with van der Waals surface area (Å²) in [5, 5.41) is 5.30. The second kappa shape index (κ2) is 33.5. The molecule has 4 aliphatic carbocycles. The Hall–Kier alpha value is -16.0. The summed E-state index contributed by atoms with van der Waals surface area (Å²) >= 11 is 3.80. The lowest BCUT2D eigenvalue weighted by atomic mass is 9.65. The molecule has 0 radical (unpaired) electrons. The van der Waals surface area contributed by atoms with Gasteiger partial charge >= 0.3 is 0 Å². The van der Waals surface area contributed by atoms with Crippen LogP contribution in [0.1, 0.15) is 111 Å². The van der Waals surface area contributed by atoms with Gasteiger partial charge in [-0.05, 0) is 409 Å². The molecule has 4 nitrogen and oxygen atoms in total. The van der Waals surface area contributed by atoms with Crippen molar-refractivity contribution in [1.82, 2.24) is 0 Å². The van der Waals surface area contributed by atoms with Crippen LogP contribution in [0.5, 0.6) is 0 Å². The van der Waals surface area contributed by atoms with Gasteiger partial charge in [-0.1, -0.05) is 265 Å². The molecule has 0 unspecified atom stereocenters. The molecule has 0 aliphatic heterocycles. The van der Waals surface area contributed by atoms with E-state index in [1.807, 2.05) is 22.7 Å². The normalized spacial score (nSPS) is 12.8. The Labute approximate surface area is 829 Å². The maximum Gasteiger partial charge on any atom is 0.0727 e. The summed E-state index contributed by atoms with van der Waals surface area (Å²) in [6, 6.07) is 158. The molecule has 2 spiro atoms. The largest absolute Gasteiger partial charge is 0.310 e. The molecular formula is C134H104N4S2. The number of nitrogens with zero attached hydrogens (tertiary/aromatic N) is 4. The Kier molecular flexibility index (Phi) is 20.5. The smallest absolute Gasteiger partial charge is 0.0727 e. The van der Waals surface area contributed by atoms with Crippen molar-refractivity contribution in [3.63, 3.8) is 0 Å². The summed E-state index contributed by atoms with van der Waals surface area (Å²) in [5.41, 5.74) is 52.6. The van der Waals surface area contributed by atoms with Crippen LogP contribution in [0.25, 0.3) is 107 Å². The van der Waals surface area contributed by atoms with Crippen LogP contribution in [0.3, 0.4) is 0 Å². The Morgan fingerprint density at radius 1 is 0.157 bits per heavy atom. The number of fused-ring (bicyclic) bond motifs is 32. The summed E-state index contributed by atoms with van der Waals surface area (Å²) < 4.78 is 5.25. The fraction of sp³-hybridized carbons (Fsp3) is 0.104. The first kappa shape index (κ1) is 85.7. The molecule has 4 aliphatic rings. The highest BCUT2D eigenvalue weighted by atomic mass is 32.1. The van der Waals surface area contributed by atoms with Gasteiger partial charge in [-0.3, -0.25) is 0 Å². The third-order valence-corrected chi connectivity index (χ3v) is 33.2. The third kappa shape index (κ3) is 13.5. The zero-order valence-electron chi connectivity index (χ0n) is 80.9. The lowest BCUT2D eigenvalue weighted by molar-refractivity contribution is 0.776. The van der Waals surface area contributed by atoms with E-state index in [0.29, 0.717) is 0 Å². The average molecular weight is 1830 g/mol. The van der Waals surface area contributed by atoms with Gasteiger partial charge < -0.3 is 19.6 Å². The number of aryl methyl sites for hydroxylation is 12. The molecule has 0 fully saturated rings. The van der Waals surface area contributed by atoms with Gasteiger partial charge in [0.1, 0.15) is 0 Å². The fourth-order valence-corrected chi connectivity index (χ4v) is 25.6. The molecule has 2 aromatic heterocycles. The van der Waals surface area contributed by atoms with E-state index < -0.39 is 10.8 Å². The molecule has 140 heavy (non-hydrogen) atoms. The molecule has 0 N–H and O–H groups in total. The summed E-state index contributed by atoms with van der Waals surface area (Å²) in [6.45, 7) is 26.4. The van der Waals surface area contributed by atoms with E-state index >= 15 is 0 Å². The van der Waals surface area contributed by atoms with Gasteiger partial charge in [0, 0.05) is 109 Å². The molecule has 6 heteroatoms. The van der Waals surface area contributed by atoms with Crippen LogP contribution in [-0.2, 0) is 10.8 Å². The van der Waals surface area contributed by atoms with Crippen molar-refractivity contribution in [1.29, 1.82) is 0 Å². The van der Waals surface area contributed by atoms with Gasteiger partial charge in [0.2, 0.25) is 0 Å². The summed E-state index contributed by atoms with van der Waals surface area (Å²) in [6.07, 6.45) is 0. The number of hydrogen-bond donors (Lipinski definition) is 0. The van der Waals surface area contributed by atoms with Crippen LogP contribution in [-0.4, -0.2) is 0 Å². The highest BCUT2D eigenvalue weighted by Crippen LogP contribution is 2.68. The summed E-state index contributed by atoms with van der Waals surface area (Å²) in [5.74, 6) is 0. The number of benzene rings is 20. The lowest BCUT2D eigenvalue weighted by Crippen LogP contribution is -2.30. The zero-order chi connectivity index (χ0) is 94.8. The van der Waals surface area contributed by atoms with Crippen LogP contribution < -0.4 is 19.6 Å². The van der Waals surface area contributed by atoms with Crippen LogP contribution in [0.2, 0.25) is 0 Å². The van der Waals surface area contributed by atoms with E-state index in [1.165, 1.54) is 218 Å². The highest BCUT2D eigenvalue weighted by molar-refractivity contribution is 7.26. The van der Waals surface area contributed by atoms with E-state index in [0.717, 1.165) is 68.2 Å². The first-order valence-corrected chi connectivity index (χ1v) is 50.6. The maximum absolute atomic E-state index is 2.56. The predicted octanol–water partition coefficient (Wildman–Crippen LogP) is 37.7. The van der Waals surface area contributed by atoms with Crippen molar-refractivity contribution < 1.29 is 0 Å². The van der Waals surface area contributed by atoms with E-state index in [2.05, 4.69) is 515 Å². The molecule has 672 valence electrons. The summed E-state index contributed by atoms with van der Waals surface area (Å²) in [4.78, 5) is 9.85. The van der Waals surface area contributed by atoms with Crippen molar-refractivity contribution in [2.75, 3.05) is 19.6 Å². The third-order valence-electron chi connectivity index (χ3n) is 30.9. The number of rotatable bonds is 12. The monoisotopic (exact) mass is 1830 g/mol. The fourth-order valence-electron chi connectivity index (χ4n) is 23.4. The summed E-state index contributed by atoms with van der Waals surface area (Å²) in [7, 11) is 0. The molecule has 26 rings (SSSR count). The topological polar surface area (TPSA) is 13.0 Å². The first-order chi connectivity index (χ1) is 68.3. The van der Waals surface area contributed by atoms with Crippen molar-refractivity contribution in [3.05, 3.63) is 524 Å². The Morgan fingerprint density at radius 2 is 0.386 bits per heavy atom. The van der Waals surface area contributed by atoms with E-state index in [1.54, 1.807) is 0 Å². The second-order valence-electron chi connectivity index (χ2n) is 39.3. The van der Waals surface area contributed by atoms with Gasteiger partial charge in [-0.2, -0.15) is 0 Å². The second-order valence-corrected chi connectivity index (χ2v) is 41.4. The van der Waals surface area contributed by atoms with Crippen molar-refractivity contribution in [2.24, 2.45) is 0 Å². The molecule has 0 saturated carbocycles. The Morgan fingerprint density at radius 3 is 0.664 bits per heavy atom. The van der Waals surface area contributed by atoms with E-state index in [-0.39, 0.29) is 0 Å². The first-order valence-electron chi connectivity index (χ1n) is 49.0. The Bertz CT molecular complexity index is 8310. The maximum atomic E-state index is 2.56. The van der Waals surface area contributed by atoms with E-state index in [9.17, 15) is 0 Å². The van der Waals surface area contributed by atoms with Crippen LogP contribution in [0, 0.1) is 83.1 Å². The minimum Gasteiger partial charge on any atom is -0.310 e. The highest BCUT2D eigenvalue weighted by Gasteiger charge is 2.54. The Balaban J connectivity index is 0.000000148. The molecule has 0 saturated heterocycles. The minimum absolute atomic E-state index is 0.739. The van der Waals surface area contributed by atoms with E-state index in [4.69, 9.17) is 0 Å². The SMILES string of the molecule is Cc1ccc(N(c2ccc(C)c(C)c2)c2ccc3c(c2)C2(c4cc(N(c5ccc(C)c(C)c5)c5ccc(C)c(C)c5)ccc4-c4ccccc4-3)c3ccccc3-c3c2ccc2sc4ccccc4c32)cc1C.Cc1ccc(N(c2ccc(C)cc2)c2ccc3c(c2)C2(c4cc(N(c5ccc(C)cc5)c5ccc(C)cc5)ccc4-c4ccccc4-3)c3ccccc3-c3c2ccc2sc4ccccc4c32)cc1. The van der Waals surface area contributed by atoms with Crippen molar-refractivity contribution in [3.8, 4) is 66.8 Å². The molecule has 0 bridgehead atoms. The average Bonchev–Trinajstić information content (AvgIpc) is 1.51. The van der Waals surface area contributed by atoms with Gasteiger partial charge in [-0.25, -0.2) is 0 Å². The molecule has 0 amide bonds. The molecule has 20 aromatic carbocycles. The molecule has 2 heterocycles. The van der Waals surface area contributed by atoms with Gasteiger partial charge in [-0.15, -0.1) is 22.7 Å². The minimum atomic E-state index is -0.755. The van der Waals surface area contributed by atoms with Gasteiger partial charge in [0.15, 0.2) is 0 Å². The number of thiophene rings is 2. The predicted molar refractivity (Wildman–Crippen MR) is 598 cm³/mol. The zero-order valence-corrected chi connectivity index (χ0v) is 82.5. The lowest BCUT2D eigenvalue weighted by Gasteiger charge is -2.37. The quantitative estimate of drug-likeness (QED) is 0.121. The number of anilines is 12. The molecule has 0 atom stereocenters. The van der Waals surface area contributed by atoms with Crippen molar-refractivity contribution in [2.45, 2.75) is 93.9 Å².